The second-order valence-corrected chi connectivity index (χ2v) is 3.94. The highest BCUT2D eigenvalue weighted by atomic mass is 32.1. The number of nitrogens with two attached hydrogens (primary N) is 1. The molecule has 1 aromatic rings. The third-order valence-electron chi connectivity index (χ3n) is 1.88. The lowest BCUT2D eigenvalue weighted by atomic mass is 10.3. The fourth-order valence-electron chi connectivity index (χ4n) is 1.00. The van der Waals surface area contributed by atoms with E-state index in [4.69, 9.17) is 5.73 Å². The summed E-state index contributed by atoms with van der Waals surface area (Å²) in [6.45, 7) is 2.06. The molecular weight excluding hydrogens is 227 g/mol. The zero-order valence-corrected chi connectivity index (χ0v) is 9.00. The Bertz CT molecular complexity index is 321. The minimum Gasteiger partial charge on any atom is -0.383 e. The van der Waals surface area contributed by atoms with Crippen molar-refractivity contribution in [2.24, 2.45) is 0 Å². The third kappa shape index (κ3) is 3.94. The highest BCUT2D eigenvalue weighted by Gasteiger charge is 2.25. The van der Waals surface area contributed by atoms with Gasteiger partial charge < -0.3 is 11.1 Å². The van der Waals surface area contributed by atoms with Crippen LogP contribution in [-0.4, -0.2) is 17.1 Å². The van der Waals surface area contributed by atoms with Gasteiger partial charge in [-0.05, 0) is 24.9 Å². The lowest BCUT2D eigenvalue weighted by molar-refractivity contribution is -0.134. The van der Waals surface area contributed by atoms with Crippen LogP contribution in [0.5, 0.6) is 0 Å². The van der Waals surface area contributed by atoms with E-state index >= 15 is 0 Å². The van der Waals surface area contributed by atoms with Gasteiger partial charge in [-0.15, -0.1) is 0 Å². The average Bonchev–Trinajstić information content (AvgIpc) is 2.42. The normalized spacial score (nSPS) is 11.7. The topological polar surface area (TPSA) is 50.9 Å². The van der Waals surface area contributed by atoms with Gasteiger partial charge in [-0.25, -0.2) is 0 Å². The van der Waals surface area contributed by atoms with Gasteiger partial charge in [-0.2, -0.15) is 17.5 Å². The molecule has 7 heteroatoms. The van der Waals surface area contributed by atoms with Crippen molar-refractivity contribution in [2.45, 2.75) is 25.9 Å². The van der Waals surface area contributed by atoms with Crippen LogP contribution >= 0.6 is 11.5 Å². The van der Waals surface area contributed by atoms with Crippen molar-refractivity contribution in [3.63, 3.8) is 0 Å². The summed E-state index contributed by atoms with van der Waals surface area (Å²) in [5, 5.41) is 3.63. The van der Waals surface area contributed by atoms with Crippen LogP contribution in [0.15, 0.2) is 0 Å². The van der Waals surface area contributed by atoms with Crippen molar-refractivity contribution >= 4 is 22.4 Å². The number of hydrogen-bond acceptors (Lipinski definition) is 4. The van der Waals surface area contributed by atoms with E-state index < -0.39 is 12.6 Å². The molecule has 0 aliphatic heterocycles. The zero-order valence-electron chi connectivity index (χ0n) is 8.19. The summed E-state index contributed by atoms with van der Waals surface area (Å²) < 4.78 is 39.3. The maximum absolute atomic E-state index is 11.8. The second kappa shape index (κ2) is 4.69. The molecule has 0 aliphatic rings. The summed E-state index contributed by atoms with van der Waals surface area (Å²) in [5.41, 5.74) is 6.29. The number of halogens is 3. The number of nitrogen functional groups attached to an aromatic ring is 1. The van der Waals surface area contributed by atoms with Gasteiger partial charge in [0, 0.05) is 18.5 Å². The molecule has 1 aromatic heterocycles. The molecule has 0 aliphatic carbocycles. The molecule has 86 valence electrons. The van der Waals surface area contributed by atoms with Gasteiger partial charge in [0.15, 0.2) is 0 Å². The van der Waals surface area contributed by atoms with E-state index in [0.717, 1.165) is 10.6 Å². The first-order valence-corrected chi connectivity index (χ1v) is 5.20. The number of nitrogens with one attached hydrogen (secondary N) is 1. The fraction of sp³-hybridized carbons (Fsp3) is 0.625. The van der Waals surface area contributed by atoms with Crippen molar-refractivity contribution in [1.29, 1.82) is 0 Å². The molecule has 1 heterocycles. The van der Waals surface area contributed by atoms with Crippen molar-refractivity contribution < 1.29 is 13.2 Å². The Kier molecular flexibility index (Phi) is 3.78. The molecule has 0 spiro atoms. The summed E-state index contributed by atoms with van der Waals surface area (Å²) >= 11 is 1.17. The van der Waals surface area contributed by atoms with Gasteiger partial charge in [0.05, 0.1) is 0 Å². The SMILES string of the molecule is Cc1c(N)nsc1NCCCC(F)(F)F. The molecule has 0 saturated carbocycles. The number of rotatable bonds is 4. The molecule has 0 saturated heterocycles. The predicted octanol–water partition coefficient (Wildman–Crippen LogP) is 2.79. The van der Waals surface area contributed by atoms with Crippen molar-refractivity contribution in [3.05, 3.63) is 5.56 Å². The van der Waals surface area contributed by atoms with E-state index in [-0.39, 0.29) is 13.0 Å². The third-order valence-corrected chi connectivity index (χ3v) is 2.80. The minimum absolute atomic E-state index is 0.0563. The number of nitrogens with zero attached hydrogens (tertiary/aromatic N) is 1. The molecule has 3 N–H and O–H groups in total. The van der Waals surface area contributed by atoms with E-state index in [0.29, 0.717) is 5.82 Å². The van der Waals surface area contributed by atoms with Gasteiger partial charge in [0.1, 0.15) is 10.8 Å². The van der Waals surface area contributed by atoms with E-state index in [1.165, 1.54) is 11.5 Å². The molecule has 0 fully saturated rings. The van der Waals surface area contributed by atoms with E-state index in [1.54, 1.807) is 6.92 Å². The second-order valence-electron chi connectivity index (χ2n) is 3.17. The smallest absolute Gasteiger partial charge is 0.383 e. The maximum Gasteiger partial charge on any atom is 0.389 e. The Morgan fingerprint density at radius 3 is 2.60 bits per heavy atom. The molecule has 0 unspecified atom stereocenters. The van der Waals surface area contributed by atoms with Crippen LogP contribution in [0.25, 0.3) is 0 Å². The largest absolute Gasteiger partial charge is 0.389 e. The van der Waals surface area contributed by atoms with Crippen LogP contribution < -0.4 is 11.1 Å². The number of hydrogen-bond donors (Lipinski definition) is 2. The Labute approximate surface area is 89.6 Å². The Balaban J connectivity index is 2.30. The van der Waals surface area contributed by atoms with E-state index in [9.17, 15) is 13.2 Å². The van der Waals surface area contributed by atoms with E-state index in [2.05, 4.69) is 9.69 Å². The summed E-state index contributed by atoms with van der Waals surface area (Å²) in [6.07, 6.45) is -4.79. The summed E-state index contributed by atoms with van der Waals surface area (Å²) in [7, 11) is 0. The molecule has 0 aromatic carbocycles. The standard InChI is InChI=1S/C8H12F3N3S/c1-5-6(12)14-15-7(5)13-4-2-3-8(9,10)11/h13H,2-4H2,1H3,(H2,12,14). The molecule has 0 bridgehead atoms. The lowest BCUT2D eigenvalue weighted by Gasteiger charge is -2.07. The summed E-state index contributed by atoms with van der Waals surface area (Å²) in [6, 6.07) is 0. The highest BCUT2D eigenvalue weighted by molar-refractivity contribution is 7.10. The van der Waals surface area contributed by atoms with Gasteiger partial charge in [0.25, 0.3) is 0 Å². The van der Waals surface area contributed by atoms with Crippen molar-refractivity contribution in [1.82, 2.24) is 4.37 Å². The van der Waals surface area contributed by atoms with Crippen LogP contribution in [0.2, 0.25) is 0 Å². The lowest BCUT2D eigenvalue weighted by Crippen LogP contribution is -2.10. The molecule has 0 radical (unpaired) electrons. The van der Waals surface area contributed by atoms with Gasteiger partial charge in [-0.1, -0.05) is 0 Å². The molecular formula is C8H12F3N3S. The van der Waals surface area contributed by atoms with Crippen LogP contribution in [0.4, 0.5) is 24.0 Å². The first-order valence-electron chi connectivity index (χ1n) is 4.42. The van der Waals surface area contributed by atoms with Gasteiger partial charge >= 0.3 is 6.18 Å². The quantitative estimate of drug-likeness (QED) is 0.794. The first-order chi connectivity index (χ1) is 6.90. The van der Waals surface area contributed by atoms with Crippen molar-refractivity contribution in [2.75, 3.05) is 17.6 Å². The van der Waals surface area contributed by atoms with Gasteiger partial charge in [0.2, 0.25) is 0 Å². The molecule has 0 amide bonds. The van der Waals surface area contributed by atoms with Crippen LogP contribution in [0.1, 0.15) is 18.4 Å². The van der Waals surface area contributed by atoms with E-state index in [1.807, 2.05) is 0 Å². The monoisotopic (exact) mass is 239 g/mol. The summed E-state index contributed by atoms with van der Waals surface area (Å²) in [4.78, 5) is 0. The Morgan fingerprint density at radius 2 is 2.13 bits per heavy atom. The average molecular weight is 239 g/mol. The molecule has 0 atom stereocenters. The number of alkyl halides is 3. The maximum atomic E-state index is 11.8. The number of aromatic nitrogens is 1. The minimum atomic E-state index is -4.08. The molecule has 1 rings (SSSR count). The van der Waals surface area contributed by atoms with Crippen LogP contribution in [0.3, 0.4) is 0 Å². The summed E-state index contributed by atoms with van der Waals surface area (Å²) in [5.74, 6) is 0.429. The van der Waals surface area contributed by atoms with Gasteiger partial charge in [-0.3, -0.25) is 0 Å². The zero-order chi connectivity index (χ0) is 11.5. The van der Waals surface area contributed by atoms with Crippen molar-refractivity contribution in [3.8, 4) is 0 Å². The first kappa shape index (κ1) is 12.1. The Hall–Kier alpha value is -0.980. The number of anilines is 2. The molecule has 15 heavy (non-hydrogen) atoms. The Morgan fingerprint density at radius 1 is 1.47 bits per heavy atom. The van der Waals surface area contributed by atoms with Crippen LogP contribution in [0, 0.1) is 6.92 Å². The van der Waals surface area contributed by atoms with Crippen LogP contribution in [-0.2, 0) is 0 Å². The molecule has 3 nitrogen and oxygen atoms in total. The fourth-order valence-corrected chi connectivity index (χ4v) is 1.74. The highest BCUT2D eigenvalue weighted by Crippen LogP contribution is 2.26. The predicted molar refractivity (Wildman–Crippen MR) is 55.0 cm³/mol.